The molecule has 64 valence electrons. The Morgan fingerprint density at radius 1 is 1.00 bits per heavy atom. The molecule has 13 heavy (non-hydrogen) atoms. The molecule has 0 aliphatic heterocycles. The fraction of sp³-hybridized carbons (Fsp3) is 0.667. The maximum absolute atomic E-state index is 8.99. The fourth-order valence-electron chi connectivity index (χ4n) is 2.53. The number of rotatable bonds is 0. The molecule has 0 aromatic carbocycles. The molecule has 3 nitrogen and oxygen atoms in total. The third-order valence-electron chi connectivity index (χ3n) is 3.55. The number of alkyl halides is 1. The van der Waals surface area contributed by atoms with Gasteiger partial charge in [0.25, 0.3) is 0 Å². The average Bonchev–Trinajstić information content (AvgIpc) is 2.13. The van der Waals surface area contributed by atoms with E-state index >= 15 is 0 Å². The number of halogens is 1. The van der Waals surface area contributed by atoms with Crippen LogP contribution >= 0.6 is 11.6 Å². The lowest BCUT2D eigenvalue weighted by atomic mass is 9.34. The summed E-state index contributed by atoms with van der Waals surface area (Å²) in [6, 6.07) is 6.16. The van der Waals surface area contributed by atoms with Gasteiger partial charge in [0, 0.05) is 6.42 Å². The molecule has 2 aliphatic rings. The van der Waals surface area contributed by atoms with Gasteiger partial charge in [0.2, 0.25) is 0 Å². The van der Waals surface area contributed by atoms with E-state index in [1.165, 1.54) is 0 Å². The molecule has 0 saturated heterocycles. The fourth-order valence-corrected chi connectivity index (χ4v) is 3.08. The van der Waals surface area contributed by atoms with Crippen molar-refractivity contribution in [3.8, 4) is 18.2 Å². The van der Waals surface area contributed by atoms with Crippen molar-refractivity contribution >= 4 is 11.6 Å². The van der Waals surface area contributed by atoms with Crippen molar-refractivity contribution in [3.05, 3.63) is 0 Å². The van der Waals surface area contributed by atoms with Crippen LogP contribution in [-0.2, 0) is 0 Å². The standard InChI is InChI=1S/C9H6ClN3/c10-9(6-13)3-7(4-11)1-2-8(7,9)5-12/h1-3H2. The monoisotopic (exact) mass is 191 g/mol. The summed E-state index contributed by atoms with van der Waals surface area (Å²) in [5, 5.41) is 26.7. The van der Waals surface area contributed by atoms with Gasteiger partial charge in [-0.15, -0.1) is 11.6 Å². The van der Waals surface area contributed by atoms with Crippen LogP contribution in [0.4, 0.5) is 0 Å². The van der Waals surface area contributed by atoms with Gasteiger partial charge < -0.3 is 0 Å². The van der Waals surface area contributed by atoms with E-state index in [9.17, 15) is 0 Å². The van der Waals surface area contributed by atoms with Gasteiger partial charge >= 0.3 is 0 Å². The van der Waals surface area contributed by atoms with Gasteiger partial charge in [-0.1, -0.05) is 0 Å². The zero-order valence-corrected chi connectivity index (χ0v) is 7.60. The molecular weight excluding hydrogens is 186 g/mol. The largest absolute Gasteiger partial charge is 0.198 e. The maximum atomic E-state index is 8.99. The van der Waals surface area contributed by atoms with E-state index in [0.29, 0.717) is 19.3 Å². The molecule has 0 spiro atoms. The first-order valence-corrected chi connectivity index (χ1v) is 4.40. The van der Waals surface area contributed by atoms with Crippen molar-refractivity contribution in [2.24, 2.45) is 10.8 Å². The molecule has 0 aromatic rings. The summed E-state index contributed by atoms with van der Waals surface area (Å²) in [6.07, 6.45) is 1.61. The Kier molecular flexibility index (Phi) is 1.27. The minimum atomic E-state index is -1.12. The Hall–Kier alpha value is -1.24. The third-order valence-corrected chi connectivity index (χ3v) is 4.09. The van der Waals surface area contributed by atoms with Crippen molar-refractivity contribution in [3.63, 3.8) is 0 Å². The Morgan fingerprint density at radius 3 is 2.00 bits per heavy atom. The van der Waals surface area contributed by atoms with E-state index in [1.54, 1.807) is 0 Å². The normalized spacial score (nSPS) is 51.2. The second-order valence-corrected chi connectivity index (χ2v) is 4.45. The van der Waals surface area contributed by atoms with Crippen LogP contribution < -0.4 is 0 Å². The molecule has 0 radical (unpaired) electrons. The first-order chi connectivity index (χ1) is 6.10. The van der Waals surface area contributed by atoms with Crippen LogP contribution in [0.5, 0.6) is 0 Å². The lowest BCUT2D eigenvalue weighted by molar-refractivity contribution is -0.109. The van der Waals surface area contributed by atoms with Crippen molar-refractivity contribution in [1.82, 2.24) is 0 Å². The quantitative estimate of drug-likeness (QED) is 0.547. The predicted octanol–water partition coefficient (Wildman–Crippen LogP) is 1.71. The summed E-state index contributed by atoms with van der Waals surface area (Å²) >= 11 is 5.98. The van der Waals surface area contributed by atoms with Gasteiger partial charge in [0.15, 0.2) is 4.87 Å². The molecule has 0 N–H and O–H groups in total. The average molecular weight is 192 g/mol. The number of nitriles is 3. The Bertz CT molecular complexity index is 377. The van der Waals surface area contributed by atoms with Gasteiger partial charge in [-0.2, -0.15) is 15.8 Å². The van der Waals surface area contributed by atoms with Crippen LogP contribution in [0, 0.1) is 44.8 Å². The minimum Gasteiger partial charge on any atom is -0.198 e. The smallest absolute Gasteiger partial charge is 0.152 e. The van der Waals surface area contributed by atoms with E-state index < -0.39 is 15.7 Å². The Balaban J connectivity index is 2.47. The summed E-state index contributed by atoms with van der Waals surface area (Å²) in [4.78, 5) is -1.12. The SMILES string of the molecule is N#CC1(Cl)CC2(C#N)CCC12C#N. The Morgan fingerprint density at radius 2 is 1.69 bits per heavy atom. The second kappa shape index (κ2) is 1.98. The van der Waals surface area contributed by atoms with E-state index in [0.717, 1.165) is 0 Å². The number of nitrogens with zero attached hydrogens (tertiary/aromatic N) is 3. The van der Waals surface area contributed by atoms with Gasteiger partial charge in [-0.25, -0.2) is 0 Å². The molecule has 0 aromatic heterocycles. The van der Waals surface area contributed by atoms with Gasteiger partial charge in [-0.3, -0.25) is 0 Å². The van der Waals surface area contributed by atoms with Crippen molar-refractivity contribution in [2.45, 2.75) is 24.1 Å². The molecule has 3 atom stereocenters. The summed E-state index contributed by atoms with van der Waals surface area (Å²) in [6.45, 7) is 0. The zero-order chi connectivity index (χ0) is 9.74. The van der Waals surface area contributed by atoms with Crippen LogP contribution in [0.2, 0.25) is 0 Å². The number of hydrogen-bond donors (Lipinski definition) is 0. The van der Waals surface area contributed by atoms with E-state index in [4.69, 9.17) is 27.4 Å². The Labute approximate surface area is 81.1 Å². The highest BCUT2D eigenvalue weighted by Gasteiger charge is 2.80. The first kappa shape index (κ1) is 8.36. The third kappa shape index (κ3) is 0.550. The molecule has 0 amide bonds. The molecule has 0 heterocycles. The van der Waals surface area contributed by atoms with Crippen molar-refractivity contribution < 1.29 is 0 Å². The zero-order valence-electron chi connectivity index (χ0n) is 6.84. The van der Waals surface area contributed by atoms with Crippen LogP contribution in [0.25, 0.3) is 0 Å². The van der Waals surface area contributed by atoms with Crippen LogP contribution in [-0.4, -0.2) is 4.87 Å². The summed E-state index contributed by atoms with van der Waals surface area (Å²) < 4.78 is 0. The lowest BCUT2D eigenvalue weighted by Gasteiger charge is -2.66. The summed E-state index contributed by atoms with van der Waals surface area (Å²) in [7, 11) is 0. The van der Waals surface area contributed by atoms with E-state index in [2.05, 4.69) is 12.1 Å². The van der Waals surface area contributed by atoms with Crippen molar-refractivity contribution in [1.29, 1.82) is 15.8 Å². The van der Waals surface area contributed by atoms with Gasteiger partial charge in [0.05, 0.1) is 23.6 Å². The summed E-state index contributed by atoms with van der Waals surface area (Å²) in [5.41, 5.74) is -1.52. The molecule has 2 rings (SSSR count). The molecule has 3 unspecified atom stereocenters. The minimum absolute atomic E-state index is 0.335. The maximum Gasteiger partial charge on any atom is 0.152 e. The highest BCUT2D eigenvalue weighted by Crippen LogP contribution is 2.76. The van der Waals surface area contributed by atoms with Crippen LogP contribution in [0.15, 0.2) is 0 Å². The van der Waals surface area contributed by atoms with Crippen LogP contribution in [0.1, 0.15) is 19.3 Å². The van der Waals surface area contributed by atoms with Gasteiger partial charge in [-0.05, 0) is 12.8 Å². The summed E-state index contributed by atoms with van der Waals surface area (Å²) in [5.74, 6) is 0. The van der Waals surface area contributed by atoms with Crippen LogP contribution in [0.3, 0.4) is 0 Å². The number of hydrogen-bond acceptors (Lipinski definition) is 3. The molecule has 2 fully saturated rings. The highest BCUT2D eigenvalue weighted by molar-refractivity contribution is 6.28. The van der Waals surface area contributed by atoms with E-state index in [-0.39, 0.29) is 0 Å². The topological polar surface area (TPSA) is 71.4 Å². The predicted molar refractivity (Wildman–Crippen MR) is 44.1 cm³/mol. The highest BCUT2D eigenvalue weighted by atomic mass is 35.5. The molecule has 2 aliphatic carbocycles. The lowest BCUT2D eigenvalue weighted by Crippen LogP contribution is -2.71. The molecule has 2 saturated carbocycles. The second-order valence-electron chi connectivity index (χ2n) is 3.80. The number of fused-ring (bicyclic) bond motifs is 1. The first-order valence-electron chi connectivity index (χ1n) is 4.02. The van der Waals surface area contributed by atoms with E-state index in [1.807, 2.05) is 6.07 Å². The molecule has 4 heteroatoms. The van der Waals surface area contributed by atoms with Gasteiger partial charge in [0.1, 0.15) is 5.41 Å². The van der Waals surface area contributed by atoms with Crippen molar-refractivity contribution in [2.75, 3.05) is 0 Å². The molecular formula is C9H6ClN3. The molecule has 0 bridgehead atoms.